The van der Waals surface area contributed by atoms with Crippen molar-refractivity contribution in [2.24, 2.45) is 16.7 Å². The van der Waals surface area contributed by atoms with Gasteiger partial charge in [0.1, 0.15) is 30.0 Å². The van der Waals surface area contributed by atoms with E-state index in [0.717, 1.165) is 69.2 Å². The average molecular weight is 813 g/mol. The molecule has 2 aromatic carbocycles. The summed E-state index contributed by atoms with van der Waals surface area (Å²) in [5.41, 5.74) is 1.50. The Kier molecular flexibility index (Phi) is 10.5. The van der Waals surface area contributed by atoms with Crippen LogP contribution in [-0.2, 0) is 9.59 Å². The molecule has 5 heterocycles. The number of imide groups is 2. The standard InChI is InChI=1S/C44H48N10O6/c1-43(2)40(44(3,4)41(43)60-31-7-5-27(21-45)28(19-31)22-46)50-36(56)29-23-47-42(48-24-29)53-13-11-26(12-14-53)25-51-15-17-52(18-16-51)30-6-8-32-33(20-30)39(59)54(38(32)58)34-9-10-35(55)49-37(34)57/h5-8,19-20,23-24,26,34,40-41H,9-18,25H2,1-4H3,(H,50,56)(H,49,55,57)/t34?,40-,41-. The molecule has 16 nitrogen and oxygen atoms in total. The van der Waals surface area contributed by atoms with E-state index in [1.807, 2.05) is 45.9 Å². The van der Waals surface area contributed by atoms with E-state index in [1.54, 1.807) is 42.7 Å². The normalized spacial score (nSPS) is 23.9. The first-order chi connectivity index (χ1) is 28.7. The molecule has 0 radical (unpaired) electrons. The quantitative estimate of drug-likeness (QED) is 0.298. The van der Waals surface area contributed by atoms with E-state index in [4.69, 9.17) is 4.74 Å². The Balaban J connectivity index is 0.791. The van der Waals surface area contributed by atoms with Crippen LogP contribution in [0.1, 0.15) is 95.6 Å². The molecular formula is C44H48N10O6. The number of fused-ring (bicyclic) bond motifs is 1. The maximum absolute atomic E-state index is 13.4. The highest BCUT2D eigenvalue weighted by molar-refractivity contribution is 6.23. The van der Waals surface area contributed by atoms with Crippen LogP contribution in [0.5, 0.6) is 5.75 Å². The van der Waals surface area contributed by atoms with Crippen LogP contribution < -0.4 is 25.2 Å². The summed E-state index contributed by atoms with van der Waals surface area (Å²) in [5.74, 6) is -0.649. The number of anilines is 2. The molecular weight excluding hydrogens is 765 g/mol. The Hall–Kier alpha value is -6.39. The third kappa shape index (κ3) is 7.30. The smallest absolute Gasteiger partial charge is 0.262 e. The van der Waals surface area contributed by atoms with Gasteiger partial charge in [-0.1, -0.05) is 27.7 Å². The van der Waals surface area contributed by atoms with Crippen molar-refractivity contribution in [1.82, 2.24) is 30.4 Å². The van der Waals surface area contributed by atoms with Gasteiger partial charge in [-0.05, 0) is 61.6 Å². The molecule has 1 saturated carbocycles. The highest BCUT2D eigenvalue weighted by atomic mass is 16.5. The number of nitrogens with zero attached hydrogens (tertiary/aromatic N) is 8. The minimum Gasteiger partial charge on any atom is -0.489 e. The Morgan fingerprint density at radius 3 is 2.15 bits per heavy atom. The summed E-state index contributed by atoms with van der Waals surface area (Å²) in [4.78, 5) is 81.0. The van der Waals surface area contributed by atoms with Crippen LogP contribution in [0.4, 0.5) is 11.6 Å². The van der Waals surface area contributed by atoms with Crippen LogP contribution in [0.2, 0.25) is 0 Å². The van der Waals surface area contributed by atoms with Gasteiger partial charge in [0.15, 0.2) is 0 Å². The number of carbonyl (C=O) groups is 5. The molecule has 1 aliphatic carbocycles. The molecule has 310 valence electrons. The van der Waals surface area contributed by atoms with Crippen molar-refractivity contribution in [3.63, 3.8) is 0 Å². The summed E-state index contributed by atoms with van der Waals surface area (Å²) >= 11 is 0. The van der Waals surface area contributed by atoms with E-state index >= 15 is 0 Å². The lowest BCUT2D eigenvalue weighted by Crippen LogP contribution is -2.74. The fourth-order valence-corrected chi connectivity index (χ4v) is 10.1. The molecule has 4 fully saturated rings. The van der Waals surface area contributed by atoms with Crippen LogP contribution in [0.15, 0.2) is 48.8 Å². The lowest BCUT2D eigenvalue weighted by molar-refractivity contribution is -0.164. The fourth-order valence-electron chi connectivity index (χ4n) is 10.1. The first-order valence-electron chi connectivity index (χ1n) is 20.5. The molecule has 16 heteroatoms. The number of aromatic nitrogens is 2. The Morgan fingerprint density at radius 2 is 1.50 bits per heavy atom. The van der Waals surface area contributed by atoms with E-state index in [0.29, 0.717) is 34.3 Å². The van der Waals surface area contributed by atoms with Crippen molar-refractivity contribution in [2.45, 2.75) is 71.6 Å². The van der Waals surface area contributed by atoms with Gasteiger partial charge < -0.3 is 19.9 Å². The molecule has 1 atom stereocenters. The number of piperidine rings is 2. The number of nitrogens with one attached hydrogen (secondary N) is 2. The summed E-state index contributed by atoms with van der Waals surface area (Å²) < 4.78 is 6.35. The lowest BCUT2D eigenvalue weighted by atomic mass is 9.49. The summed E-state index contributed by atoms with van der Waals surface area (Å²) in [6.07, 6.45) is 5.09. The van der Waals surface area contributed by atoms with Gasteiger partial charge in [0.2, 0.25) is 17.8 Å². The number of piperazine rings is 1. The van der Waals surface area contributed by atoms with Crippen LogP contribution in [0.3, 0.4) is 0 Å². The number of amides is 5. The Morgan fingerprint density at radius 1 is 0.833 bits per heavy atom. The maximum Gasteiger partial charge on any atom is 0.262 e. The van der Waals surface area contributed by atoms with Crippen LogP contribution in [0, 0.1) is 39.4 Å². The average Bonchev–Trinajstić information content (AvgIpc) is 3.49. The number of hydrogen-bond acceptors (Lipinski definition) is 13. The summed E-state index contributed by atoms with van der Waals surface area (Å²) in [6.45, 7) is 14.0. The molecule has 4 aliphatic heterocycles. The minimum absolute atomic E-state index is 0.0819. The number of benzene rings is 2. The van der Waals surface area contributed by atoms with Crippen molar-refractivity contribution in [3.05, 3.63) is 76.6 Å². The summed E-state index contributed by atoms with van der Waals surface area (Å²) in [6, 6.07) is 13.0. The predicted molar refractivity (Wildman–Crippen MR) is 218 cm³/mol. The number of hydrogen-bond donors (Lipinski definition) is 2. The molecule has 5 aliphatic rings. The van der Waals surface area contributed by atoms with Gasteiger partial charge in [0.05, 0.1) is 27.8 Å². The van der Waals surface area contributed by atoms with E-state index < -0.39 is 40.5 Å². The van der Waals surface area contributed by atoms with Gasteiger partial charge >= 0.3 is 0 Å². The number of carbonyl (C=O) groups excluding carboxylic acids is 5. The summed E-state index contributed by atoms with van der Waals surface area (Å²) in [5, 5.41) is 24.1. The van der Waals surface area contributed by atoms with E-state index in [2.05, 4.69) is 35.3 Å². The van der Waals surface area contributed by atoms with Gasteiger partial charge in [-0.3, -0.25) is 39.1 Å². The molecule has 1 unspecified atom stereocenters. The number of ether oxygens (including phenoxy) is 1. The molecule has 0 spiro atoms. The molecule has 3 saturated heterocycles. The second kappa shape index (κ2) is 15.7. The van der Waals surface area contributed by atoms with Gasteiger partial charge in [-0.15, -0.1) is 0 Å². The fraction of sp³-hybridized carbons (Fsp3) is 0.477. The molecule has 3 aromatic rings. The highest BCUT2D eigenvalue weighted by Gasteiger charge is 2.64. The lowest BCUT2D eigenvalue weighted by Gasteiger charge is -2.63. The van der Waals surface area contributed by atoms with Gasteiger partial charge in [0, 0.05) is 87.2 Å². The predicted octanol–water partition coefficient (Wildman–Crippen LogP) is 3.27. The van der Waals surface area contributed by atoms with Crippen molar-refractivity contribution in [2.75, 3.05) is 55.6 Å². The van der Waals surface area contributed by atoms with Crippen LogP contribution >= 0.6 is 0 Å². The Bertz CT molecular complexity index is 2320. The second-order valence-electron chi connectivity index (χ2n) is 17.6. The van der Waals surface area contributed by atoms with E-state index in [9.17, 15) is 34.5 Å². The Labute approximate surface area is 348 Å². The van der Waals surface area contributed by atoms with Gasteiger partial charge in [0.25, 0.3) is 17.7 Å². The van der Waals surface area contributed by atoms with Crippen molar-refractivity contribution in [3.8, 4) is 17.9 Å². The second-order valence-corrected chi connectivity index (χ2v) is 17.6. The van der Waals surface area contributed by atoms with Gasteiger partial charge in [-0.2, -0.15) is 10.5 Å². The largest absolute Gasteiger partial charge is 0.489 e. The molecule has 60 heavy (non-hydrogen) atoms. The first kappa shape index (κ1) is 40.4. The monoisotopic (exact) mass is 812 g/mol. The highest BCUT2D eigenvalue weighted by Crippen LogP contribution is 2.55. The summed E-state index contributed by atoms with van der Waals surface area (Å²) in [7, 11) is 0. The maximum atomic E-state index is 13.4. The molecule has 1 aromatic heterocycles. The number of nitriles is 2. The van der Waals surface area contributed by atoms with Crippen LogP contribution in [0.25, 0.3) is 0 Å². The van der Waals surface area contributed by atoms with Gasteiger partial charge in [-0.25, -0.2) is 9.97 Å². The van der Waals surface area contributed by atoms with Crippen molar-refractivity contribution in [1.29, 1.82) is 10.5 Å². The SMILES string of the molecule is CC1(C)[C@H](NC(=O)c2cnc(N3CCC(CN4CCN(c5ccc6c(c5)C(=O)N(C5CCC(=O)NC5=O)C6=O)CC4)CC3)nc2)C(C)(C)[C@H]1Oc1ccc(C#N)c(C#N)c1. The van der Waals surface area contributed by atoms with Crippen molar-refractivity contribution >= 4 is 41.2 Å². The number of rotatable bonds is 9. The molecule has 5 amide bonds. The molecule has 2 N–H and O–H groups in total. The zero-order chi connectivity index (χ0) is 42.5. The zero-order valence-electron chi connectivity index (χ0n) is 34.2. The molecule has 8 rings (SSSR count). The minimum atomic E-state index is -0.985. The first-order valence-corrected chi connectivity index (χ1v) is 20.5. The third-order valence-corrected chi connectivity index (χ3v) is 13.1. The zero-order valence-corrected chi connectivity index (χ0v) is 34.2. The third-order valence-electron chi connectivity index (χ3n) is 13.1. The van der Waals surface area contributed by atoms with Crippen LogP contribution in [-0.4, -0.2) is 113 Å². The van der Waals surface area contributed by atoms with Crippen molar-refractivity contribution < 1.29 is 28.7 Å². The van der Waals surface area contributed by atoms with E-state index in [-0.39, 0.29) is 42.0 Å². The topological polar surface area (TPSA) is 205 Å². The van der Waals surface area contributed by atoms with E-state index in [1.165, 1.54) is 0 Å². The molecule has 0 bridgehead atoms.